The van der Waals surface area contributed by atoms with Gasteiger partial charge in [0.1, 0.15) is 0 Å². The third kappa shape index (κ3) is 6.42. The van der Waals surface area contributed by atoms with E-state index in [1.54, 1.807) is 0 Å². The van der Waals surface area contributed by atoms with Crippen molar-refractivity contribution in [2.24, 2.45) is 0 Å². The fourth-order valence-corrected chi connectivity index (χ4v) is 3.94. The van der Waals surface area contributed by atoms with Gasteiger partial charge in [0.15, 0.2) is 5.69 Å². The number of aromatic nitrogens is 2. The highest BCUT2D eigenvalue weighted by atomic mass is 35.5. The predicted molar refractivity (Wildman–Crippen MR) is 124 cm³/mol. The van der Waals surface area contributed by atoms with Crippen molar-refractivity contribution in [1.82, 2.24) is 15.5 Å². The third-order valence-electron chi connectivity index (χ3n) is 5.44. The summed E-state index contributed by atoms with van der Waals surface area (Å²) in [7, 11) is 0. The maximum Gasteiger partial charge on any atom is 0.272 e. The van der Waals surface area contributed by atoms with Crippen molar-refractivity contribution >= 4 is 17.5 Å². The first-order chi connectivity index (χ1) is 15.1. The van der Waals surface area contributed by atoms with Crippen LogP contribution in [0.15, 0.2) is 54.6 Å². The number of benzene rings is 2. The summed E-state index contributed by atoms with van der Waals surface area (Å²) in [5, 5.41) is 20.9. The Labute approximate surface area is 188 Å². The summed E-state index contributed by atoms with van der Waals surface area (Å²) in [6.45, 7) is 1.99. The summed E-state index contributed by atoms with van der Waals surface area (Å²) in [5.41, 5.74) is 4.39. The summed E-state index contributed by atoms with van der Waals surface area (Å²) < 4.78 is 0. The second kappa shape index (κ2) is 11.7. The van der Waals surface area contributed by atoms with Gasteiger partial charge in [-0.3, -0.25) is 9.89 Å². The van der Waals surface area contributed by atoms with E-state index < -0.39 is 6.04 Å². The van der Waals surface area contributed by atoms with Crippen LogP contribution in [-0.2, 0) is 19.3 Å². The van der Waals surface area contributed by atoms with E-state index in [2.05, 4.69) is 28.5 Å². The van der Waals surface area contributed by atoms with Gasteiger partial charge in [0.05, 0.1) is 12.6 Å². The van der Waals surface area contributed by atoms with Gasteiger partial charge in [-0.1, -0.05) is 73.8 Å². The Hall–Kier alpha value is -2.63. The molecule has 1 amide bonds. The van der Waals surface area contributed by atoms with E-state index in [4.69, 9.17) is 11.6 Å². The molecule has 0 radical (unpaired) electrons. The summed E-state index contributed by atoms with van der Waals surface area (Å²) in [5.74, 6) is -0.264. The molecule has 164 valence electrons. The van der Waals surface area contributed by atoms with Crippen molar-refractivity contribution in [3.8, 4) is 0 Å². The van der Waals surface area contributed by atoms with Crippen molar-refractivity contribution in [3.05, 3.63) is 87.7 Å². The van der Waals surface area contributed by atoms with Gasteiger partial charge in [-0.2, -0.15) is 5.10 Å². The molecule has 0 fully saturated rings. The standard InChI is InChI=1S/C25H30ClN3O2/c1-2-3-5-13-21-22(15-14-18-9-8-12-20(26)16-18)28-29-24(21)25(31)27-23(17-30)19-10-6-4-7-11-19/h4,6-12,16,23,30H,2-3,5,13-15,17H2,1H3,(H,27,31)(H,28,29)/t23-/m0/s1. The first kappa shape index (κ1) is 23.0. The third-order valence-corrected chi connectivity index (χ3v) is 5.68. The molecule has 0 aliphatic heterocycles. The van der Waals surface area contributed by atoms with E-state index in [0.717, 1.165) is 65.9 Å². The topological polar surface area (TPSA) is 78.0 Å². The van der Waals surface area contributed by atoms with Crippen LogP contribution in [0, 0.1) is 0 Å². The van der Waals surface area contributed by atoms with E-state index in [0.29, 0.717) is 5.69 Å². The number of nitrogens with one attached hydrogen (secondary N) is 2. The zero-order valence-electron chi connectivity index (χ0n) is 17.9. The van der Waals surface area contributed by atoms with Gasteiger partial charge in [-0.15, -0.1) is 0 Å². The molecule has 0 spiro atoms. The van der Waals surface area contributed by atoms with Gasteiger partial charge in [0.25, 0.3) is 5.91 Å². The van der Waals surface area contributed by atoms with Crippen LogP contribution in [-0.4, -0.2) is 27.8 Å². The molecule has 3 aromatic rings. The van der Waals surface area contributed by atoms with Crippen LogP contribution in [0.1, 0.15) is 65.1 Å². The number of amides is 1. The Morgan fingerprint density at radius 1 is 1.10 bits per heavy atom. The number of hydrogen-bond acceptors (Lipinski definition) is 3. The van der Waals surface area contributed by atoms with E-state index >= 15 is 0 Å². The highest BCUT2D eigenvalue weighted by molar-refractivity contribution is 6.30. The van der Waals surface area contributed by atoms with Gasteiger partial charge in [0, 0.05) is 16.3 Å². The highest BCUT2D eigenvalue weighted by Gasteiger charge is 2.22. The van der Waals surface area contributed by atoms with Crippen molar-refractivity contribution in [1.29, 1.82) is 0 Å². The number of halogens is 1. The number of H-pyrrole nitrogens is 1. The number of aromatic amines is 1. The summed E-state index contributed by atoms with van der Waals surface area (Å²) >= 11 is 6.11. The van der Waals surface area contributed by atoms with Crippen molar-refractivity contribution in [2.45, 2.75) is 51.5 Å². The van der Waals surface area contributed by atoms with Crippen molar-refractivity contribution < 1.29 is 9.90 Å². The molecule has 1 heterocycles. The molecular weight excluding hydrogens is 410 g/mol. The van der Waals surface area contributed by atoms with Gasteiger partial charge < -0.3 is 10.4 Å². The minimum Gasteiger partial charge on any atom is -0.394 e. The molecule has 0 unspecified atom stereocenters. The van der Waals surface area contributed by atoms with Crippen LogP contribution in [0.2, 0.25) is 5.02 Å². The molecular formula is C25H30ClN3O2. The number of aryl methyl sites for hydroxylation is 2. The van der Waals surface area contributed by atoms with E-state index in [9.17, 15) is 9.90 Å². The lowest BCUT2D eigenvalue weighted by Gasteiger charge is -2.16. The molecule has 3 rings (SSSR count). The zero-order chi connectivity index (χ0) is 22.1. The minimum atomic E-state index is -0.469. The van der Waals surface area contributed by atoms with Crippen LogP contribution in [0.4, 0.5) is 0 Å². The first-order valence-corrected chi connectivity index (χ1v) is 11.3. The molecule has 1 aromatic heterocycles. The molecule has 1 atom stereocenters. The Kier molecular flexibility index (Phi) is 8.68. The first-order valence-electron chi connectivity index (χ1n) is 10.9. The quantitative estimate of drug-likeness (QED) is 0.366. The van der Waals surface area contributed by atoms with Crippen molar-refractivity contribution in [2.75, 3.05) is 6.61 Å². The molecule has 5 nitrogen and oxygen atoms in total. The number of nitrogens with zero attached hydrogens (tertiary/aromatic N) is 1. The monoisotopic (exact) mass is 439 g/mol. The average molecular weight is 440 g/mol. The van der Waals surface area contributed by atoms with Crippen LogP contribution in [0.5, 0.6) is 0 Å². The summed E-state index contributed by atoms with van der Waals surface area (Å²) in [6, 6.07) is 16.8. The van der Waals surface area contributed by atoms with E-state index in [1.165, 1.54) is 0 Å². The minimum absolute atomic E-state index is 0.174. The molecule has 0 aliphatic rings. The smallest absolute Gasteiger partial charge is 0.272 e. The lowest BCUT2D eigenvalue weighted by atomic mass is 9.99. The Balaban J connectivity index is 1.77. The number of rotatable bonds is 11. The number of aliphatic hydroxyl groups excluding tert-OH is 1. The maximum absolute atomic E-state index is 13.1. The summed E-state index contributed by atoms with van der Waals surface area (Å²) in [4.78, 5) is 13.1. The van der Waals surface area contributed by atoms with Gasteiger partial charge in [0.2, 0.25) is 0 Å². The second-order valence-corrected chi connectivity index (χ2v) is 8.17. The normalized spacial score (nSPS) is 12.0. The van der Waals surface area contributed by atoms with E-state index in [1.807, 2.05) is 48.5 Å². The Bertz CT molecular complexity index is 972. The molecule has 0 aliphatic carbocycles. The molecule has 0 saturated carbocycles. The Morgan fingerprint density at radius 3 is 2.61 bits per heavy atom. The van der Waals surface area contributed by atoms with Crippen LogP contribution in [0.25, 0.3) is 0 Å². The van der Waals surface area contributed by atoms with Crippen LogP contribution >= 0.6 is 11.6 Å². The largest absolute Gasteiger partial charge is 0.394 e. The molecule has 31 heavy (non-hydrogen) atoms. The molecule has 0 saturated heterocycles. The number of hydrogen-bond donors (Lipinski definition) is 3. The zero-order valence-corrected chi connectivity index (χ0v) is 18.7. The van der Waals surface area contributed by atoms with Crippen molar-refractivity contribution in [3.63, 3.8) is 0 Å². The fraction of sp³-hybridized carbons (Fsp3) is 0.360. The van der Waals surface area contributed by atoms with Crippen LogP contribution < -0.4 is 5.32 Å². The average Bonchev–Trinajstić information content (AvgIpc) is 3.19. The second-order valence-electron chi connectivity index (χ2n) is 7.74. The predicted octanol–water partition coefficient (Wildman–Crippen LogP) is 5.04. The lowest BCUT2D eigenvalue weighted by Crippen LogP contribution is -2.31. The van der Waals surface area contributed by atoms with Crippen LogP contribution in [0.3, 0.4) is 0 Å². The molecule has 6 heteroatoms. The SMILES string of the molecule is CCCCCc1c(C(=O)N[C@@H](CO)c2ccccc2)n[nH]c1CCc1cccc(Cl)c1. The lowest BCUT2D eigenvalue weighted by molar-refractivity contribution is 0.0910. The van der Waals surface area contributed by atoms with Gasteiger partial charge >= 0.3 is 0 Å². The highest BCUT2D eigenvalue weighted by Crippen LogP contribution is 2.20. The molecule has 2 aromatic carbocycles. The molecule has 3 N–H and O–H groups in total. The fourth-order valence-electron chi connectivity index (χ4n) is 3.73. The van der Waals surface area contributed by atoms with Gasteiger partial charge in [-0.05, 0) is 48.9 Å². The maximum atomic E-state index is 13.1. The van der Waals surface area contributed by atoms with E-state index in [-0.39, 0.29) is 12.5 Å². The Morgan fingerprint density at radius 2 is 1.90 bits per heavy atom. The number of aliphatic hydroxyl groups is 1. The number of unbranched alkanes of at least 4 members (excludes halogenated alkanes) is 2. The number of carbonyl (C=O) groups excluding carboxylic acids is 1. The molecule has 0 bridgehead atoms. The number of carbonyl (C=O) groups is 1. The summed E-state index contributed by atoms with van der Waals surface area (Å²) in [6.07, 6.45) is 5.58. The van der Waals surface area contributed by atoms with Gasteiger partial charge in [-0.25, -0.2) is 0 Å².